The molecule has 2 aromatic rings. The lowest BCUT2D eigenvalue weighted by atomic mass is 9.71. The van der Waals surface area contributed by atoms with E-state index in [2.05, 4.69) is 17.1 Å². The topological polar surface area (TPSA) is 58.9 Å². The maximum Gasteiger partial charge on any atom is 0.336 e. The third-order valence-electron chi connectivity index (χ3n) is 5.20. The van der Waals surface area contributed by atoms with Gasteiger partial charge in [-0.05, 0) is 35.4 Å². The summed E-state index contributed by atoms with van der Waals surface area (Å²) >= 11 is 0. The van der Waals surface area contributed by atoms with Gasteiger partial charge in [0.25, 0.3) is 0 Å². The van der Waals surface area contributed by atoms with Gasteiger partial charge in [-0.15, -0.1) is 0 Å². The van der Waals surface area contributed by atoms with Crippen LogP contribution < -0.4 is 4.74 Å². The van der Waals surface area contributed by atoms with Gasteiger partial charge in [0.1, 0.15) is 11.9 Å². The van der Waals surface area contributed by atoms with Gasteiger partial charge in [-0.25, -0.2) is 4.79 Å². The van der Waals surface area contributed by atoms with Crippen molar-refractivity contribution in [1.29, 1.82) is 0 Å². The highest BCUT2D eigenvalue weighted by atomic mass is 16.5. The normalized spacial score (nSPS) is 24.3. The standard InChI is InChI=1S/C22H15NO3/c24-21(25)17-6-2-1-5-16(17)14-8-9-22-10-11-23-13-15-4-3-7-18(20(15)22)26-19(22)12-14/h1-13,19H,(H,24,25). The number of allylic oxidation sites excluding steroid dienone is 2. The second kappa shape index (κ2) is 5.30. The van der Waals surface area contributed by atoms with Gasteiger partial charge in [-0.2, -0.15) is 0 Å². The van der Waals surface area contributed by atoms with Crippen molar-refractivity contribution in [3.05, 3.63) is 95.2 Å². The molecular weight excluding hydrogens is 326 g/mol. The Kier molecular flexibility index (Phi) is 3.04. The number of benzene rings is 2. The highest BCUT2D eigenvalue weighted by Crippen LogP contribution is 2.50. The molecule has 2 aromatic carbocycles. The smallest absolute Gasteiger partial charge is 0.336 e. The van der Waals surface area contributed by atoms with Crippen LogP contribution in [-0.4, -0.2) is 23.4 Å². The fourth-order valence-corrected chi connectivity index (χ4v) is 4.01. The number of hydrogen-bond donors (Lipinski definition) is 1. The second-order valence-electron chi connectivity index (χ2n) is 6.59. The Balaban J connectivity index is 1.66. The average Bonchev–Trinajstić information content (AvgIpc) is 2.87. The van der Waals surface area contributed by atoms with Crippen molar-refractivity contribution in [2.45, 2.75) is 11.5 Å². The minimum Gasteiger partial charge on any atom is -0.484 e. The van der Waals surface area contributed by atoms with Crippen molar-refractivity contribution < 1.29 is 14.6 Å². The first-order valence-electron chi connectivity index (χ1n) is 8.44. The van der Waals surface area contributed by atoms with Gasteiger partial charge in [0.05, 0.1) is 11.0 Å². The molecule has 5 rings (SSSR count). The number of rotatable bonds is 2. The first-order valence-corrected chi connectivity index (χ1v) is 8.44. The number of carbonyl (C=O) groups is 1. The summed E-state index contributed by atoms with van der Waals surface area (Å²) in [7, 11) is 0. The molecule has 3 aliphatic rings. The van der Waals surface area contributed by atoms with Crippen LogP contribution in [0.5, 0.6) is 5.75 Å². The van der Waals surface area contributed by atoms with Crippen molar-refractivity contribution in [3.63, 3.8) is 0 Å². The lowest BCUT2D eigenvalue weighted by Gasteiger charge is -2.30. The molecule has 1 aliphatic carbocycles. The SMILES string of the molecule is O=C(O)c1ccccc1C1=CC2Oc3cccc4c3C2(C=CN=C4)C=C1. The predicted molar refractivity (Wildman–Crippen MR) is 99.8 cm³/mol. The Bertz CT molecular complexity index is 1060. The van der Waals surface area contributed by atoms with E-state index < -0.39 is 11.4 Å². The minimum absolute atomic E-state index is 0.238. The summed E-state index contributed by atoms with van der Waals surface area (Å²) in [5, 5.41) is 9.50. The Labute approximate surface area is 150 Å². The van der Waals surface area contributed by atoms with Gasteiger partial charge in [-0.3, -0.25) is 4.99 Å². The van der Waals surface area contributed by atoms with Crippen molar-refractivity contribution in [3.8, 4) is 5.75 Å². The summed E-state index contributed by atoms with van der Waals surface area (Å²) in [5.74, 6) is -0.0879. The third kappa shape index (κ3) is 1.96. The Morgan fingerprint density at radius 1 is 1.12 bits per heavy atom. The lowest BCUT2D eigenvalue weighted by molar-refractivity contribution is 0.0696. The molecule has 0 radical (unpaired) electrons. The quantitative estimate of drug-likeness (QED) is 0.899. The zero-order valence-corrected chi connectivity index (χ0v) is 13.8. The largest absolute Gasteiger partial charge is 0.484 e. The molecule has 1 N–H and O–H groups in total. The number of carboxylic acids is 1. The highest BCUT2D eigenvalue weighted by Gasteiger charge is 2.47. The van der Waals surface area contributed by atoms with Crippen LogP contribution in [0.1, 0.15) is 27.0 Å². The van der Waals surface area contributed by atoms with E-state index in [0.717, 1.165) is 22.4 Å². The summed E-state index contributed by atoms with van der Waals surface area (Å²) < 4.78 is 6.25. The number of carboxylic acid groups (broad SMARTS) is 1. The average molecular weight is 341 g/mol. The summed E-state index contributed by atoms with van der Waals surface area (Å²) in [6.07, 6.45) is 11.6. The molecule has 2 aliphatic heterocycles. The van der Waals surface area contributed by atoms with Crippen LogP contribution in [0, 0.1) is 0 Å². The number of hydrogen-bond acceptors (Lipinski definition) is 3. The van der Waals surface area contributed by atoms with Crippen molar-refractivity contribution in [2.24, 2.45) is 4.99 Å². The molecule has 2 heterocycles. The van der Waals surface area contributed by atoms with E-state index in [1.807, 2.05) is 48.7 Å². The van der Waals surface area contributed by atoms with Gasteiger partial charge in [0.2, 0.25) is 0 Å². The predicted octanol–water partition coefficient (Wildman–Crippen LogP) is 3.98. The van der Waals surface area contributed by atoms with Crippen LogP contribution in [0.25, 0.3) is 5.57 Å². The molecule has 2 atom stereocenters. The van der Waals surface area contributed by atoms with Gasteiger partial charge >= 0.3 is 5.97 Å². The molecule has 2 unspecified atom stereocenters. The molecule has 4 heteroatoms. The van der Waals surface area contributed by atoms with Crippen LogP contribution in [-0.2, 0) is 5.41 Å². The fourth-order valence-electron chi connectivity index (χ4n) is 4.01. The summed E-state index contributed by atoms with van der Waals surface area (Å²) in [6, 6.07) is 13.0. The molecule has 0 amide bonds. The number of ether oxygens (including phenoxy) is 1. The third-order valence-corrected chi connectivity index (χ3v) is 5.20. The summed E-state index contributed by atoms with van der Waals surface area (Å²) in [4.78, 5) is 15.9. The van der Waals surface area contributed by atoms with Crippen LogP contribution in [0.4, 0.5) is 0 Å². The maximum absolute atomic E-state index is 11.6. The number of aliphatic imine (C=N–C) groups is 1. The number of aromatic carboxylic acids is 1. The van der Waals surface area contributed by atoms with Gasteiger partial charge in [0.15, 0.2) is 0 Å². The van der Waals surface area contributed by atoms with Crippen LogP contribution in [0.15, 0.2) is 78.0 Å². The van der Waals surface area contributed by atoms with Crippen molar-refractivity contribution >= 4 is 17.8 Å². The Morgan fingerprint density at radius 2 is 2.00 bits per heavy atom. The summed E-state index contributed by atoms with van der Waals surface area (Å²) in [6.45, 7) is 0. The molecule has 1 spiro atoms. The van der Waals surface area contributed by atoms with E-state index in [4.69, 9.17) is 4.74 Å². The first-order chi connectivity index (χ1) is 12.7. The van der Waals surface area contributed by atoms with Crippen molar-refractivity contribution in [2.75, 3.05) is 0 Å². The molecule has 26 heavy (non-hydrogen) atoms. The molecular formula is C22H15NO3. The van der Waals surface area contributed by atoms with E-state index in [9.17, 15) is 9.90 Å². The monoisotopic (exact) mass is 341 g/mol. The van der Waals surface area contributed by atoms with Gasteiger partial charge < -0.3 is 9.84 Å². The van der Waals surface area contributed by atoms with E-state index in [0.29, 0.717) is 5.56 Å². The van der Waals surface area contributed by atoms with Gasteiger partial charge in [-0.1, -0.05) is 42.5 Å². The van der Waals surface area contributed by atoms with E-state index in [-0.39, 0.29) is 11.7 Å². The zero-order valence-electron chi connectivity index (χ0n) is 13.8. The van der Waals surface area contributed by atoms with Crippen LogP contribution in [0.2, 0.25) is 0 Å². The Morgan fingerprint density at radius 3 is 2.88 bits per heavy atom. The first kappa shape index (κ1) is 14.9. The highest BCUT2D eigenvalue weighted by molar-refractivity contribution is 5.96. The second-order valence-corrected chi connectivity index (χ2v) is 6.59. The molecule has 0 fully saturated rings. The Hall–Kier alpha value is -3.40. The number of nitrogens with zero attached hydrogens (tertiary/aromatic N) is 1. The molecule has 0 aromatic heterocycles. The van der Waals surface area contributed by atoms with Gasteiger partial charge in [0, 0.05) is 23.5 Å². The lowest BCUT2D eigenvalue weighted by Crippen LogP contribution is -2.35. The molecule has 4 nitrogen and oxygen atoms in total. The maximum atomic E-state index is 11.6. The molecule has 126 valence electrons. The summed E-state index contributed by atoms with van der Waals surface area (Å²) in [5.41, 5.74) is 3.58. The van der Waals surface area contributed by atoms with E-state index in [1.54, 1.807) is 18.3 Å². The molecule has 0 saturated carbocycles. The fraction of sp³-hybridized carbons (Fsp3) is 0.0909. The van der Waals surface area contributed by atoms with Crippen LogP contribution >= 0.6 is 0 Å². The minimum atomic E-state index is -0.934. The van der Waals surface area contributed by atoms with Crippen molar-refractivity contribution in [1.82, 2.24) is 0 Å². The van der Waals surface area contributed by atoms with E-state index in [1.165, 1.54) is 0 Å². The van der Waals surface area contributed by atoms with E-state index >= 15 is 0 Å². The molecule has 0 bridgehead atoms. The zero-order chi connectivity index (χ0) is 17.7. The molecule has 0 saturated heterocycles. The van der Waals surface area contributed by atoms with Crippen LogP contribution in [0.3, 0.4) is 0 Å².